The first kappa shape index (κ1) is 54.4. The van der Waals surface area contributed by atoms with Crippen LogP contribution < -0.4 is 0 Å². The number of aliphatic hydroxyl groups is 4. The lowest BCUT2D eigenvalue weighted by Gasteiger charge is -2.29. The molecule has 0 atom stereocenters. The van der Waals surface area contributed by atoms with Gasteiger partial charge in [-0.05, 0) is 46.0 Å². The second-order valence-electron chi connectivity index (χ2n) is 15.2. The SMILES string of the molecule is O=C(/C=C(\O)C(F)(F)F)Cc1cccc(CN(CCN(Cc2cccc(C(=O)/C=C(\O)C(F)(F)F)c2)Cc2cccc(C(=O)/C=C(\O)C(F)(F)F)c2)Cc2cccc(C(=O)/C=C(\O)C(F)(F)F)c2)c1. The Hall–Kier alpha value is -7.20. The van der Waals surface area contributed by atoms with E-state index in [0.717, 1.165) is 0 Å². The van der Waals surface area contributed by atoms with E-state index in [-0.39, 0.29) is 85.8 Å². The molecule has 0 spiro atoms. The maximum Gasteiger partial charge on any atom is 0.448 e. The van der Waals surface area contributed by atoms with Gasteiger partial charge in [-0.25, -0.2) is 0 Å². The number of ketones is 4. The largest absolute Gasteiger partial charge is 0.504 e. The van der Waals surface area contributed by atoms with Gasteiger partial charge in [0.25, 0.3) is 0 Å². The second-order valence-corrected chi connectivity index (χ2v) is 15.2. The first-order valence-corrected chi connectivity index (χ1v) is 19.8. The summed E-state index contributed by atoms with van der Waals surface area (Å²) >= 11 is 0. The first-order chi connectivity index (χ1) is 32.0. The van der Waals surface area contributed by atoms with Crippen LogP contribution in [-0.4, -0.2) is 91.2 Å². The van der Waals surface area contributed by atoms with E-state index >= 15 is 0 Å². The second kappa shape index (κ2) is 22.7. The molecule has 4 aromatic rings. The van der Waals surface area contributed by atoms with E-state index < -0.39 is 77.3 Å². The Balaban J connectivity index is 1.74. The smallest absolute Gasteiger partial charge is 0.448 e. The molecule has 0 aromatic heterocycles. The van der Waals surface area contributed by atoms with Crippen LogP contribution in [0.5, 0.6) is 0 Å². The highest BCUT2D eigenvalue weighted by Gasteiger charge is 2.37. The Kier molecular flexibility index (Phi) is 17.9. The average Bonchev–Trinajstić information content (AvgIpc) is 3.24. The van der Waals surface area contributed by atoms with Gasteiger partial charge in [0.15, 0.2) is 23.1 Å². The topological polar surface area (TPSA) is 156 Å². The normalized spacial score (nSPS) is 13.5. The van der Waals surface area contributed by atoms with E-state index in [0.29, 0.717) is 22.3 Å². The predicted molar refractivity (Wildman–Crippen MR) is 223 cm³/mol. The first-order valence-electron chi connectivity index (χ1n) is 19.8. The molecule has 10 nitrogen and oxygen atoms in total. The number of rotatable bonds is 20. The highest BCUT2D eigenvalue weighted by atomic mass is 19.4. The van der Waals surface area contributed by atoms with Gasteiger partial charge in [0.05, 0.1) is 0 Å². The van der Waals surface area contributed by atoms with E-state index in [1.165, 1.54) is 91.0 Å². The number of carbonyl (C=O) groups excluding carboxylic acids is 4. The quantitative estimate of drug-likeness (QED) is 0.0291. The molecule has 0 aliphatic heterocycles. The van der Waals surface area contributed by atoms with Crippen molar-refractivity contribution in [3.63, 3.8) is 0 Å². The third-order valence-corrected chi connectivity index (χ3v) is 9.62. The summed E-state index contributed by atoms with van der Waals surface area (Å²) in [7, 11) is 0. The third-order valence-electron chi connectivity index (χ3n) is 9.62. The van der Waals surface area contributed by atoms with Crippen LogP contribution in [0.1, 0.15) is 58.9 Å². The molecule has 69 heavy (non-hydrogen) atoms. The minimum atomic E-state index is -5.23. The van der Waals surface area contributed by atoms with Gasteiger partial charge in [0.1, 0.15) is 0 Å². The van der Waals surface area contributed by atoms with Gasteiger partial charge in [0, 0.05) is 86.7 Å². The summed E-state index contributed by atoms with van der Waals surface area (Å²) < 4.78 is 156. The van der Waals surface area contributed by atoms with Crippen molar-refractivity contribution in [3.05, 3.63) is 189 Å². The molecule has 0 saturated carbocycles. The number of alkyl halides is 12. The molecule has 368 valence electrons. The van der Waals surface area contributed by atoms with Gasteiger partial charge in [-0.1, -0.05) is 78.9 Å². The highest BCUT2D eigenvalue weighted by molar-refractivity contribution is 6.06. The summed E-state index contributed by atoms with van der Waals surface area (Å²) in [5.74, 6) is -13.3. The number of benzene rings is 4. The van der Waals surface area contributed by atoms with Crippen LogP contribution in [0.15, 0.2) is 144 Å². The van der Waals surface area contributed by atoms with Gasteiger partial charge in [-0.2, -0.15) is 52.7 Å². The van der Waals surface area contributed by atoms with Crippen molar-refractivity contribution in [2.45, 2.75) is 57.3 Å². The lowest BCUT2D eigenvalue weighted by molar-refractivity contribution is -0.125. The molecule has 0 radical (unpaired) electrons. The van der Waals surface area contributed by atoms with Crippen LogP contribution in [0.2, 0.25) is 0 Å². The van der Waals surface area contributed by atoms with Gasteiger partial charge >= 0.3 is 24.7 Å². The Bertz CT molecular complexity index is 2560. The van der Waals surface area contributed by atoms with E-state index in [9.17, 15) is 92.3 Å². The van der Waals surface area contributed by atoms with E-state index in [2.05, 4.69) is 0 Å². The summed E-state index contributed by atoms with van der Waals surface area (Å²) in [5, 5.41) is 37.4. The van der Waals surface area contributed by atoms with Crippen LogP contribution in [0.4, 0.5) is 52.7 Å². The summed E-state index contributed by atoms with van der Waals surface area (Å²) in [5.41, 5.74) is 0.797. The zero-order valence-corrected chi connectivity index (χ0v) is 35.3. The van der Waals surface area contributed by atoms with E-state index in [1.807, 2.05) is 0 Å². The predicted octanol–water partition coefficient (Wildman–Crippen LogP) is 11.1. The monoisotopic (exact) mass is 986 g/mol. The fourth-order valence-corrected chi connectivity index (χ4v) is 6.41. The van der Waals surface area contributed by atoms with Crippen LogP contribution >= 0.6 is 0 Å². The zero-order chi connectivity index (χ0) is 51.5. The molecule has 0 bridgehead atoms. The Morgan fingerprint density at radius 1 is 0.391 bits per heavy atom. The Labute approximate surface area is 384 Å². The number of aliphatic hydroxyl groups excluding tert-OH is 4. The molecule has 0 saturated heterocycles. The van der Waals surface area contributed by atoms with E-state index in [4.69, 9.17) is 0 Å². The van der Waals surface area contributed by atoms with Crippen LogP contribution in [0, 0.1) is 0 Å². The van der Waals surface area contributed by atoms with Crippen LogP contribution in [0.3, 0.4) is 0 Å². The Morgan fingerprint density at radius 3 is 0.957 bits per heavy atom. The molecular formula is C47H38F12N2O8. The minimum absolute atomic E-state index is 0.0000815. The van der Waals surface area contributed by atoms with Gasteiger partial charge < -0.3 is 20.4 Å². The average molecular weight is 987 g/mol. The molecule has 0 unspecified atom stereocenters. The molecule has 0 amide bonds. The Morgan fingerprint density at radius 2 is 0.652 bits per heavy atom. The molecular weight excluding hydrogens is 948 g/mol. The number of carbonyl (C=O) groups is 4. The number of nitrogens with zero attached hydrogens (tertiary/aromatic N) is 2. The van der Waals surface area contributed by atoms with Gasteiger partial charge in [0.2, 0.25) is 23.0 Å². The van der Waals surface area contributed by atoms with Crippen molar-refractivity contribution < 1.29 is 92.3 Å². The van der Waals surface area contributed by atoms with Gasteiger partial charge in [-0.15, -0.1) is 0 Å². The summed E-state index contributed by atoms with van der Waals surface area (Å²) in [6.45, 7) is -0.379. The molecule has 0 aliphatic carbocycles. The lowest BCUT2D eigenvalue weighted by atomic mass is 10.0. The number of allylic oxidation sites excluding steroid dienone is 8. The molecule has 4 N–H and O–H groups in total. The molecule has 0 aliphatic rings. The molecule has 22 heteroatoms. The molecule has 0 fully saturated rings. The van der Waals surface area contributed by atoms with Crippen molar-refractivity contribution >= 4 is 23.1 Å². The number of hydrogen-bond donors (Lipinski definition) is 4. The zero-order valence-electron chi connectivity index (χ0n) is 35.3. The number of halogens is 12. The molecule has 0 heterocycles. The van der Waals surface area contributed by atoms with Crippen molar-refractivity contribution in [2.24, 2.45) is 0 Å². The van der Waals surface area contributed by atoms with Crippen molar-refractivity contribution in [1.29, 1.82) is 0 Å². The highest BCUT2D eigenvalue weighted by Crippen LogP contribution is 2.27. The lowest BCUT2D eigenvalue weighted by Crippen LogP contribution is -2.34. The number of hydrogen-bond acceptors (Lipinski definition) is 10. The molecule has 4 aromatic carbocycles. The fraction of sp³-hybridized carbons (Fsp3) is 0.234. The van der Waals surface area contributed by atoms with Crippen molar-refractivity contribution in [1.82, 2.24) is 9.80 Å². The minimum Gasteiger partial charge on any atom is -0.504 e. The maximum atomic E-state index is 13.0. The summed E-state index contributed by atoms with van der Waals surface area (Å²) in [4.78, 5) is 54.0. The summed E-state index contributed by atoms with van der Waals surface area (Å²) in [6.07, 6.45) is -21.5. The van der Waals surface area contributed by atoms with E-state index in [1.54, 1.807) is 15.9 Å². The summed E-state index contributed by atoms with van der Waals surface area (Å²) in [6, 6.07) is 21.7. The molecule has 4 rings (SSSR count). The standard InChI is InChI=1S/C47H38F12N2O8/c48-44(49,50)40(66)20-36(62)19-28-5-1-6-29(15-28)24-60(25-30-7-2-10-33(16-30)37(63)21-41(67)45(51,52)53)13-14-61(26-31-8-3-11-34(17-31)38(64)22-42(68)46(54,55)56)27-32-9-4-12-35(18-32)39(65)23-43(69)47(57,58)59/h1-12,15-18,20-23,66-69H,13-14,19,24-27H2/b40-20-,41-21-,42-22-,43-23-. The van der Waals surface area contributed by atoms with Crippen molar-refractivity contribution in [2.75, 3.05) is 13.1 Å². The third kappa shape index (κ3) is 17.4. The van der Waals surface area contributed by atoms with Crippen LogP contribution in [0.25, 0.3) is 0 Å². The van der Waals surface area contributed by atoms with Gasteiger partial charge in [-0.3, -0.25) is 29.0 Å². The maximum absolute atomic E-state index is 13.0. The van der Waals surface area contributed by atoms with Crippen LogP contribution in [-0.2, 0) is 37.4 Å². The fourth-order valence-electron chi connectivity index (χ4n) is 6.41. The van der Waals surface area contributed by atoms with Crippen molar-refractivity contribution in [3.8, 4) is 0 Å².